The van der Waals surface area contributed by atoms with Crippen LogP contribution in [-0.4, -0.2) is 36.4 Å². The minimum atomic E-state index is -0.106. The second-order valence-electron chi connectivity index (χ2n) is 6.12. The summed E-state index contributed by atoms with van der Waals surface area (Å²) in [5.41, 5.74) is 0.981. The second kappa shape index (κ2) is 7.17. The molecule has 2 amide bonds. The predicted molar refractivity (Wildman–Crippen MR) is 102 cm³/mol. The van der Waals surface area contributed by atoms with Crippen LogP contribution in [0.15, 0.2) is 54.6 Å². The highest BCUT2D eigenvalue weighted by Crippen LogP contribution is 2.25. The number of hydrogen-bond donors (Lipinski definition) is 1. The average Bonchev–Trinajstić information content (AvgIpc) is 3.03. The highest BCUT2D eigenvalue weighted by Gasteiger charge is 2.21. The van der Waals surface area contributed by atoms with E-state index in [1.807, 2.05) is 54.6 Å². The van der Waals surface area contributed by atoms with Crippen LogP contribution in [0, 0.1) is 0 Å². The number of amides is 2. The lowest BCUT2D eigenvalue weighted by Crippen LogP contribution is -2.39. The Bertz CT molecular complexity index is 933. The number of fused-ring (bicyclic) bond motifs is 2. The number of nitrogens with zero attached hydrogens (tertiary/aromatic N) is 1. The lowest BCUT2D eigenvalue weighted by atomic mass is 10.2. The number of carbonyl (C=O) groups excluding carboxylic acids is 2. The smallest absolute Gasteiger partial charge is 0.261 e. The van der Waals surface area contributed by atoms with Crippen LogP contribution >= 0.6 is 11.3 Å². The summed E-state index contributed by atoms with van der Waals surface area (Å²) in [5.74, 6) is 0.570. The summed E-state index contributed by atoms with van der Waals surface area (Å²) >= 11 is 1.47. The zero-order chi connectivity index (χ0) is 17.9. The molecule has 0 spiro atoms. The predicted octanol–water partition coefficient (Wildman–Crippen LogP) is 3.05. The molecule has 0 unspecified atom stereocenters. The third-order valence-corrected chi connectivity index (χ3v) is 5.47. The summed E-state index contributed by atoms with van der Waals surface area (Å²) in [5, 5.41) is 3.98. The van der Waals surface area contributed by atoms with Gasteiger partial charge in [-0.2, -0.15) is 0 Å². The van der Waals surface area contributed by atoms with Gasteiger partial charge >= 0.3 is 0 Å². The molecule has 0 aliphatic carbocycles. The zero-order valence-corrected chi connectivity index (χ0v) is 14.9. The Balaban J connectivity index is 1.37. The highest BCUT2D eigenvalue weighted by molar-refractivity contribution is 7.20. The van der Waals surface area contributed by atoms with Gasteiger partial charge in [0.25, 0.3) is 11.8 Å². The minimum absolute atomic E-state index is 0.0290. The van der Waals surface area contributed by atoms with E-state index in [2.05, 4.69) is 5.32 Å². The molecular weight excluding hydrogens is 348 g/mol. The van der Waals surface area contributed by atoms with Crippen LogP contribution < -0.4 is 10.1 Å². The second-order valence-corrected chi connectivity index (χ2v) is 7.20. The summed E-state index contributed by atoms with van der Waals surface area (Å²) in [6, 6.07) is 17.5. The van der Waals surface area contributed by atoms with Gasteiger partial charge in [0.15, 0.2) is 6.61 Å². The van der Waals surface area contributed by atoms with Gasteiger partial charge in [0.2, 0.25) is 0 Å². The molecule has 3 aromatic rings. The lowest BCUT2D eigenvalue weighted by Gasteiger charge is -2.20. The first-order valence-corrected chi connectivity index (χ1v) is 9.27. The Morgan fingerprint density at radius 2 is 1.96 bits per heavy atom. The van der Waals surface area contributed by atoms with E-state index in [0.717, 1.165) is 21.4 Å². The van der Waals surface area contributed by atoms with E-state index in [9.17, 15) is 9.59 Å². The van der Waals surface area contributed by atoms with E-state index in [0.29, 0.717) is 24.5 Å². The fourth-order valence-corrected chi connectivity index (χ4v) is 3.97. The van der Waals surface area contributed by atoms with Crippen LogP contribution in [-0.2, 0) is 11.3 Å². The highest BCUT2D eigenvalue weighted by atomic mass is 32.1. The maximum atomic E-state index is 12.4. The standard InChI is InChI=1S/C20H18N2O3S/c23-19-13-25-16-7-3-1-6-15(16)12-22(19)10-9-21-20(24)18-11-14-5-2-4-8-17(14)26-18/h1-8,11H,9-10,12-13H2,(H,21,24). The van der Waals surface area contributed by atoms with Crippen molar-refractivity contribution in [2.45, 2.75) is 6.54 Å². The number of carbonyl (C=O) groups is 2. The van der Waals surface area contributed by atoms with E-state index in [1.165, 1.54) is 11.3 Å². The molecule has 0 saturated carbocycles. The molecule has 1 aromatic heterocycles. The fraction of sp³-hybridized carbons (Fsp3) is 0.200. The molecule has 0 bridgehead atoms. The van der Waals surface area contributed by atoms with Crippen LogP contribution in [0.1, 0.15) is 15.2 Å². The first-order valence-electron chi connectivity index (χ1n) is 8.46. The van der Waals surface area contributed by atoms with Crippen molar-refractivity contribution in [2.24, 2.45) is 0 Å². The molecule has 132 valence electrons. The van der Waals surface area contributed by atoms with Gasteiger partial charge in [0, 0.05) is 29.9 Å². The van der Waals surface area contributed by atoms with Gasteiger partial charge in [-0.05, 0) is 23.6 Å². The molecule has 4 rings (SSSR count). The normalized spacial score (nSPS) is 13.8. The largest absolute Gasteiger partial charge is 0.483 e. The van der Waals surface area contributed by atoms with Crippen molar-refractivity contribution in [1.29, 1.82) is 0 Å². The van der Waals surface area contributed by atoms with Crippen LogP contribution in [0.25, 0.3) is 10.1 Å². The molecule has 1 aliphatic heterocycles. The molecule has 1 aliphatic rings. The SMILES string of the molecule is O=C(NCCN1Cc2ccccc2OCC1=O)c1cc2ccccc2s1. The third-order valence-electron chi connectivity index (χ3n) is 4.35. The fourth-order valence-electron chi connectivity index (χ4n) is 2.99. The van der Waals surface area contributed by atoms with Gasteiger partial charge in [0.1, 0.15) is 5.75 Å². The van der Waals surface area contributed by atoms with Crippen molar-refractivity contribution in [3.8, 4) is 5.75 Å². The van der Waals surface area contributed by atoms with Crippen molar-refractivity contribution < 1.29 is 14.3 Å². The first-order chi connectivity index (χ1) is 12.7. The Labute approximate surface area is 155 Å². The Morgan fingerprint density at radius 3 is 2.85 bits per heavy atom. The summed E-state index contributed by atoms with van der Waals surface area (Å²) in [6.45, 7) is 1.38. The monoisotopic (exact) mass is 366 g/mol. The zero-order valence-electron chi connectivity index (χ0n) is 14.1. The molecule has 1 N–H and O–H groups in total. The molecule has 2 heterocycles. The summed E-state index contributed by atoms with van der Waals surface area (Å²) < 4.78 is 6.64. The van der Waals surface area contributed by atoms with Gasteiger partial charge < -0.3 is 15.0 Å². The van der Waals surface area contributed by atoms with Gasteiger partial charge in [-0.3, -0.25) is 9.59 Å². The van der Waals surface area contributed by atoms with Crippen molar-refractivity contribution >= 4 is 33.2 Å². The molecular formula is C20H18N2O3S. The van der Waals surface area contributed by atoms with E-state index in [4.69, 9.17) is 4.74 Å². The maximum absolute atomic E-state index is 12.4. The average molecular weight is 366 g/mol. The topological polar surface area (TPSA) is 58.6 Å². The van der Waals surface area contributed by atoms with E-state index in [1.54, 1.807) is 4.90 Å². The van der Waals surface area contributed by atoms with Crippen LogP contribution in [0.3, 0.4) is 0 Å². The van der Waals surface area contributed by atoms with Gasteiger partial charge in [-0.1, -0.05) is 36.4 Å². The van der Waals surface area contributed by atoms with Crippen LogP contribution in [0.5, 0.6) is 5.75 Å². The van der Waals surface area contributed by atoms with E-state index in [-0.39, 0.29) is 18.4 Å². The molecule has 0 saturated heterocycles. The number of nitrogens with one attached hydrogen (secondary N) is 1. The Morgan fingerprint density at radius 1 is 1.15 bits per heavy atom. The molecule has 5 nitrogen and oxygen atoms in total. The molecule has 0 fully saturated rings. The summed E-state index contributed by atoms with van der Waals surface area (Å²) in [7, 11) is 0. The van der Waals surface area contributed by atoms with Crippen molar-refractivity contribution in [2.75, 3.05) is 19.7 Å². The molecule has 0 radical (unpaired) electrons. The van der Waals surface area contributed by atoms with Crippen LogP contribution in [0.4, 0.5) is 0 Å². The van der Waals surface area contributed by atoms with Gasteiger partial charge in [-0.15, -0.1) is 11.3 Å². The molecule has 0 atom stereocenters. The lowest BCUT2D eigenvalue weighted by molar-refractivity contribution is -0.133. The third kappa shape index (κ3) is 3.41. The summed E-state index contributed by atoms with van der Waals surface area (Å²) in [6.07, 6.45) is 0. The van der Waals surface area contributed by atoms with Crippen molar-refractivity contribution in [3.63, 3.8) is 0 Å². The number of hydrogen-bond acceptors (Lipinski definition) is 4. The Kier molecular flexibility index (Phi) is 4.58. The van der Waals surface area contributed by atoms with E-state index >= 15 is 0 Å². The summed E-state index contributed by atoms with van der Waals surface area (Å²) in [4.78, 5) is 27.0. The maximum Gasteiger partial charge on any atom is 0.261 e. The number of rotatable bonds is 4. The van der Waals surface area contributed by atoms with Gasteiger partial charge in [-0.25, -0.2) is 0 Å². The Hall–Kier alpha value is -2.86. The first kappa shape index (κ1) is 16.6. The van der Waals surface area contributed by atoms with E-state index < -0.39 is 0 Å². The number of ether oxygens (including phenoxy) is 1. The molecule has 26 heavy (non-hydrogen) atoms. The number of para-hydroxylation sites is 1. The van der Waals surface area contributed by atoms with Crippen molar-refractivity contribution in [1.82, 2.24) is 10.2 Å². The number of benzene rings is 2. The number of thiophene rings is 1. The molecule has 2 aromatic carbocycles. The van der Waals surface area contributed by atoms with Crippen molar-refractivity contribution in [3.05, 3.63) is 65.0 Å². The van der Waals surface area contributed by atoms with Crippen LogP contribution in [0.2, 0.25) is 0 Å². The van der Waals surface area contributed by atoms with Gasteiger partial charge in [0.05, 0.1) is 4.88 Å². The molecule has 6 heteroatoms. The minimum Gasteiger partial charge on any atom is -0.483 e. The quantitative estimate of drug-likeness (QED) is 0.772.